The summed E-state index contributed by atoms with van der Waals surface area (Å²) in [5, 5.41) is 4.06. The Morgan fingerprint density at radius 3 is 2.52 bits per heavy atom. The van der Waals surface area contributed by atoms with Crippen LogP contribution in [0.5, 0.6) is 5.75 Å². The minimum absolute atomic E-state index is 0.0875. The van der Waals surface area contributed by atoms with Gasteiger partial charge in [-0.2, -0.15) is 0 Å². The quantitative estimate of drug-likeness (QED) is 0.870. The molecule has 122 valence electrons. The highest BCUT2D eigenvalue weighted by Gasteiger charge is 2.24. The minimum atomic E-state index is -0.0875. The largest absolute Gasteiger partial charge is 0.488 e. The lowest BCUT2D eigenvalue weighted by molar-refractivity contribution is 0.167. The zero-order valence-electron chi connectivity index (χ0n) is 13.8. The van der Waals surface area contributed by atoms with E-state index in [9.17, 15) is 0 Å². The van der Waals surface area contributed by atoms with Crippen LogP contribution in [-0.4, -0.2) is 19.2 Å². The first-order valence-corrected chi connectivity index (χ1v) is 8.68. The van der Waals surface area contributed by atoms with Crippen molar-refractivity contribution in [3.05, 3.63) is 64.7 Å². The standard InChI is InChI=1S/C20H24ClNO/c1-20(2,15-7-4-3-5-8-15)16-10-11-19(18(21)13-16)23-17-9-6-12-22-14-17/h3-5,7-8,10-11,13,17,22H,6,9,12,14H2,1-2H3/t17-/m0/s1. The molecule has 0 saturated carbocycles. The SMILES string of the molecule is CC(C)(c1ccccc1)c1ccc(O[C@H]2CCCNC2)c(Cl)c1. The monoisotopic (exact) mass is 329 g/mol. The van der Waals surface area contributed by atoms with Crippen LogP contribution in [0.25, 0.3) is 0 Å². The summed E-state index contributed by atoms with van der Waals surface area (Å²) in [7, 11) is 0. The van der Waals surface area contributed by atoms with Gasteiger partial charge in [-0.1, -0.05) is 61.8 Å². The highest BCUT2D eigenvalue weighted by Crippen LogP contribution is 2.36. The van der Waals surface area contributed by atoms with E-state index < -0.39 is 0 Å². The molecule has 23 heavy (non-hydrogen) atoms. The Balaban J connectivity index is 1.81. The number of benzene rings is 2. The zero-order valence-corrected chi connectivity index (χ0v) is 14.6. The Morgan fingerprint density at radius 2 is 1.87 bits per heavy atom. The highest BCUT2D eigenvalue weighted by molar-refractivity contribution is 6.32. The second-order valence-corrected chi connectivity index (χ2v) is 7.13. The molecule has 2 aromatic rings. The summed E-state index contributed by atoms with van der Waals surface area (Å²) < 4.78 is 6.07. The summed E-state index contributed by atoms with van der Waals surface area (Å²) in [5.74, 6) is 0.785. The molecule has 1 heterocycles. The third-order valence-electron chi connectivity index (χ3n) is 4.69. The van der Waals surface area contributed by atoms with E-state index in [1.54, 1.807) is 0 Å². The van der Waals surface area contributed by atoms with E-state index in [0.717, 1.165) is 31.7 Å². The van der Waals surface area contributed by atoms with Crippen molar-refractivity contribution in [2.24, 2.45) is 0 Å². The third-order valence-corrected chi connectivity index (χ3v) is 4.99. The number of halogens is 1. The van der Waals surface area contributed by atoms with Gasteiger partial charge in [0.15, 0.2) is 0 Å². The number of ether oxygens (including phenoxy) is 1. The van der Waals surface area contributed by atoms with E-state index in [0.29, 0.717) is 5.02 Å². The van der Waals surface area contributed by atoms with Crippen molar-refractivity contribution in [3.63, 3.8) is 0 Å². The smallest absolute Gasteiger partial charge is 0.138 e. The molecular weight excluding hydrogens is 306 g/mol. The van der Waals surface area contributed by atoms with E-state index in [1.807, 2.05) is 18.2 Å². The number of rotatable bonds is 4. The van der Waals surface area contributed by atoms with Gasteiger partial charge in [0.05, 0.1) is 5.02 Å². The lowest BCUT2D eigenvalue weighted by Crippen LogP contribution is -2.37. The van der Waals surface area contributed by atoms with Crippen LogP contribution in [0, 0.1) is 0 Å². The van der Waals surface area contributed by atoms with E-state index in [-0.39, 0.29) is 11.5 Å². The van der Waals surface area contributed by atoms with Crippen LogP contribution in [0.3, 0.4) is 0 Å². The average molecular weight is 330 g/mol. The van der Waals surface area contributed by atoms with Crippen LogP contribution in [0.1, 0.15) is 37.8 Å². The lowest BCUT2D eigenvalue weighted by Gasteiger charge is -2.28. The second-order valence-electron chi connectivity index (χ2n) is 6.72. The van der Waals surface area contributed by atoms with E-state index in [2.05, 4.69) is 49.5 Å². The highest BCUT2D eigenvalue weighted by atomic mass is 35.5. The average Bonchev–Trinajstić information content (AvgIpc) is 2.58. The minimum Gasteiger partial charge on any atom is -0.488 e. The molecule has 0 amide bonds. The van der Waals surface area contributed by atoms with Crippen LogP contribution < -0.4 is 10.1 Å². The van der Waals surface area contributed by atoms with Gasteiger partial charge in [-0.3, -0.25) is 0 Å². The number of hydrogen-bond donors (Lipinski definition) is 1. The van der Waals surface area contributed by atoms with Crippen LogP contribution in [0.2, 0.25) is 5.02 Å². The van der Waals surface area contributed by atoms with Gasteiger partial charge in [0.25, 0.3) is 0 Å². The Hall–Kier alpha value is -1.51. The summed E-state index contributed by atoms with van der Waals surface area (Å²) in [6, 6.07) is 16.7. The topological polar surface area (TPSA) is 21.3 Å². The van der Waals surface area contributed by atoms with Gasteiger partial charge < -0.3 is 10.1 Å². The van der Waals surface area contributed by atoms with Gasteiger partial charge in [-0.15, -0.1) is 0 Å². The lowest BCUT2D eigenvalue weighted by atomic mass is 9.78. The van der Waals surface area contributed by atoms with Gasteiger partial charge in [0, 0.05) is 12.0 Å². The molecule has 0 spiro atoms. The maximum absolute atomic E-state index is 6.50. The molecule has 3 heteroatoms. The van der Waals surface area contributed by atoms with E-state index >= 15 is 0 Å². The Morgan fingerprint density at radius 1 is 1.09 bits per heavy atom. The maximum atomic E-state index is 6.50. The molecule has 2 nitrogen and oxygen atoms in total. The maximum Gasteiger partial charge on any atom is 0.138 e. The van der Waals surface area contributed by atoms with Crippen molar-refractivity contribution in [2.45, 2.75) is 38.2 Å². The number of hydrogen-bond acceptors (Lipinski definition) is 2. The van der Waals surface area contributed by atoms with Gasteiger partial charge in [0.1, 0.15) is 11.9 Å². The zero-order chi connectivity index (χ0) is 16.3. The molecule has 1 saturated heterocycles. The van der Waals surface area contributed by atoms with Crippen molar-refractivity contribution in [1.29, 1.82) is 0 Å². The molecule has 0 bridgehead atoms. The summed E-state index contributed by atoms with van der Waals surface area (Å²) in [5.41, 5.74) is 2.39. The van der Waals surface area contributed by atoms with Crippen LogP contribution in [0.4, 0.5) is 0 Å². The Labute approximate surface area is 143 Å². The fourth-order valence-corrected chi connectivity index (χ4v) is 3.33. The molecule has 0 aromatic heterocycles. The van der Waals surface area contributed by atoms with Gasteiger partial charge in [-0.05, 0) is 42.6 Å². The van der Waals surface area contributed by atoms with Crippen molar-refractivity contribution in [1.82, 2.24) is 5.32 Å². The summed E-state index contributed by atoms with van der Waals surface area (Å²) in [4.78, 5) is 0. The molecular formula is C20H24ClNO. The first-order chi connectivity index (χ1) is 11.1. The molecule has 3 rings (SSSR count). The first-order valence-electron chi connectivity index (χ1n) is 8.30. The molecule has 1 N–H and O–H groups in total. The predicted molar refractivity (Wildman–Crippen MR) is 96.5 cm³/mol. The van der Waals surface area contributed by atoms with Crippen molar-refractivity contribution >= 4 is 11.6 Å². The van der Waals surface area contributed by atoms with E-state index in [1.165, 1.54) is 11.1 Å². The summed E-state index contributed by atoms with van der Waals surface area (Å²) in [6.07, 6.45) is 2.45. The molecule has 0 aliphatic carbocycles. The molecule has 2 aromatic carbocycles. The molecule has 0 unspecified atom stereocenters. The predicted octanol–water partition coefficient (Wildman–Crippen LogP) is 4.80. The molecule has 1 atom stereocenters. The normalized spacial score (nSPS) is 18.7. The Kier molecular flexibility index (Phi) is 4.93. The number of piperidine rings is 1. The second kappa shape index (κ2) is 6.94. The van der Waals surface area contributed by atoms with Crippen molar-refractivity contribution in [3.8, 4) is 5.75 Å². The van der Waals surface area contributed by atoms with Crippen molar-refractivity contribution in [2.75, 3.05) is 13.1 Å². The molecule has 0 radical (unpaired) electrons. The van der Waals surface area contributed by atoms with Gasteiger partial charge >= 0.3 is 0 Å². The third kappa shape index (κ3) is 3.70. The molecule has 1 aliphatic heterocycles. The van der Waals surface area contributed by atoms with Crippen LogP contribution in [-0.2, 0) is 5.41 Å². The van der Waals surface area contributed by atoms with Gasteiger partial charge in [-0.25, -0.2) is 0 Å². The number of nitrogens with one attached hydrogen (secondary N) is 1. The summed E-state index contributed by atoms with van der Waals surface area (Å²) >= 11 is 6.50. The molecule has 1 aliphatic rings. The van der Waals surface area contributed by atoms with Crippen LogP contribution in [0.15, 0.2) is 48.5 Å². The van der Waals surface area contributed by atoms with Gasteiger partial charge in [0.2, 0.25) is 0 Å². The van der Waals surface area contributed by atoms with Crippen LogP contribution >= 0.6 is 11.6 Å². The Bertz CT molecular complexity index is 648. The van der Waals surface area contributed by atoms with Crippen molar-refractivity contribution < 1.29 is 4.74 Å². The fourth-order valence-electron chi connectivity index (χ4n) is 3.11. The molecule has 1 fully saturated rings. The van der Waals surface area contributed by atoms with E-state index in [4.69, 9.17) is 16.3 Å². The first kappa shape index (κ1) is 16.4. The fraction of sp³-hybridized carbons (Fsp3) is 0.400. The summed E-state index contributed by atoms with van der Waals surface area (Å²) in [6.45, 7) is 6.42.